The van der Waals surface area contributed by atoms with Gasteiger partial charge in [0.1, 0.15) is 5.03 Å². The smallest absolute Gasteiger partial charge is 0.110 e. The molecule has 1 aromatic rings. The molecular weight excluding hydrogens is 266 g/mol. The van der Waals surface area contributed by atoms with Crippen LogP contribution >= 0.6 is 40.3 Å². The summed E-state index contributed by atoms with van der Waals surface area (Å²) in [7, 11) is 0. The molecule has 1 aromatic heterocycles. The van der Waals surface area contributed by atoms with Gasteiger partial charge in [-0.3, -0.25) is 0 Å². The second-order valence-electron chi connectivity index (χ2n) is 2.57. The Morgan fingerprint density at radius 1 is 1.46 bits per heavy atom. The molecule has 0 aliphatic rings. The predicted molar refractivity (Wildman–Crippen MR) is 65.7 cm³/mol. The van der Waals surface area contributed by atoms with Crippen molar-refractivity contribution in [3.63, 3.8) is 0 Å². The van der Waals surface area contributed by atoms with Crippen molar-refractivity contribution in [2.75, 3.05) is 11.5 Å². The number of thioether (sulfide) groups is 1. The number of rotatable bonds is 5. The van der Waals surface area contributed by atoms with Crippen LogP contribution in [0.4, 0.5) is 0 Å². The minimum absolute atomic E-state index is 0.976. The van der Waals surface area contributed by atoms with E-state index in [1.807, 2.05) is 18.3 Å². The number of halogens is 1. The van der Waals surface area contributed by atoms with Crippen LogP contribution in [0.1, 0.15) is 12.8 Å². The number of pyridine rings is 1. The summed E-state index contributed by atoms with van der Waals surface area (Å²) in [4.78, 5) is 4.27. The Balaban J connectivity index is 2.32. The molecule has 0 bridgehead atoms. The molecule has 0 unspecified atom stereocenters. The summed E-state index contributed by atoms with van der Waals surface area (Å²) in [6.07, 6.45) is 4.21. The molecule has 0 radical (unpaired) electrons. The van der Waals surface area contributed by atoms with Crippen molar-refractivity contribution in [1.29, 1.82) is 0 Å². The summed E-state index contributed by atoms with van der Waals surface area (Å²) < 4.78 is 1.09. The zero-order valence-electron chi connectivity index (χ0n) is 7.24. The van der Waals surface area contributed by atoms with Crippen molar-refractivity contribution in [2.24, 2.45) is 0 Å². The van der Waals surface area contributed by atoms with E-state index in [0.717, 1.165) is 21.0 Å². The van der Waals surface area contributed by atoms with Gasteiger partial charge in [-0.25, -0.2) is 4.98 Å². The van der Waals surface area contributed by atoms with Crippen LogP contribution in [0.3, 0.4) is 0 Å². The van der Waals surface area contributed by atoms with E-state index in [-0.39, 0.29) is 0 Å². The number of unbranched alkanes of at least 4 members (excludes halogenated alkanes) is 1. The highest BCUT2D eigenvalue weighted by atomic mass is 79.9. The van der Waals surface area contributed by atoms with Gasteiger partial charge in [-0.05, 0) is 52.4 Å². The predicted octanol–water partition coefficient (Wildman–Crippen LogP) is 3.65. The lowest BCUT2D eigenvalue weighted by molar-refractivity contribution is 0.907. The molecule has 1 heterocycles. The van der Waals surface area contributed by atoms with Crippen LogP contribution in [0.2, 0.25) is 0 Å². The van der Waals surface area contributed by atoms with Gasteiger partial charge in [0.25, 0.3) is 0 Å². The fourth-order valence-electron chi connectivity index (χ4n) is 0.860. The van der Waals surface area contributed by atoms with Gasteiger partial charge >= 0.3 is 0 Å². The quantitative estimate of drug-likeness (QED) is 0.501. The van der Waals surface area contributed by atoms with E-state index in [4.69, 9.17) is 0 Å². The Hall–Kier alpha value is 0.330. The molecule has 4 heteroatoms. The van der Waals surface area contributed by atoms with Crippen LogP contribution in [-0.2, 0) is 0 Å². The number of hydrogen-bond acceptors (Lipinski definition) is 3. The minimum Gasteiger partial charge on any atom is -0.249 e. The molecule has 0 amide bonds. The normalized spacial score (nSPS) is 10.3. The van der Waals surface area contributed by atoms with Gasteiger partial charge < -0.3 is 0 Å². The highest BCUT2D eigenvalue weighted by molar-refractivity contribution is 9.10. The first kappa shape index (κ1) is 11.4. The molecule has 1 rings (SSSR count). The van der Waals surface area contributed by atoms with Crippen molar-refractivity contribution < 1.29 is 0 Å². The Labute approximate surface area is 97.3 Å². The first-order valence-electron chi connectivity index (χ1n) is 4.19. The molecule has 13 heavy (non-hydrogen) atoms. The van der Waals surface area contributed by atoms with Crippen LogP contribution < -0.4 is 0 Å². The number of hydrogen-bond donors (Lipinski definition) is 1. The maximum Gasteiger partial charge on any atom is 0.110 e. The van der Waals surface area contributed by atoms with Crippen LogP contribution in [0, 0.1) is 0 Å². The van der Waals surface area contributed by atoms with Gasteiger partial charge in [-0.2, -0.15) is 12.6 Å². The van der Waals surface area contributed by atoms with Crippen LogP contribution in [0.25, 0.3) is 0 Å². The van der Waals surface area contributed by atoms with Gasteiger partial charge in [-0.15, -0.1) is 11.8 Å². The average molecular weight is 278 g/mol. The zero-order valence-corrected chi connectivity index (χ0v) is 10.5. The Morgan fingerprint density at radius 3 is 3.00 bits per heavy atom. The fourth-order valence-corrected chi connectivity index (χ4v) is 2.57. The van der Waals surface area contributed by atoms with Gasteiger partial charge in [0.2, 0.25) is 0 Å². The first-order chi connectivity index (χ1) is 6.34. The average Bonchev–Trinajstić information content (AvgIpc) is 2.15. The number of thiol groups is 1. The standard InChI is InChI=1S/C9H12BrNS2/c10-8-4-3-5-11-9(8)13-7-2-1-6-12/h3-5,12H,1-2,6-7H2. The van der Waals surface area contributed by atoms with Gasteiger partial charge in [0.15, 0.2) is 0 Å². The maximum atomic E-state index is 4.27. The Bertz CT molecular complexity index is 255. The van der Waals surface area contributed by atoms with Crippen molar-refractivity contribution in [3.05, 3.63) is 22.8 Å². The van der Waals surface area contributed by atoms with Crippen molar-refractivity contribution in [2.45, 2.75) is 17.9 Å². The lowest BCUT2D eigenvalue weighted by Crippen LogP contribution is -1.85. The van der Waals surface area contributed by atoms with Crippen LogP contribution in [-0.4, -0.2) is 16.5 Å². The molecule has 0 N–H and O–H groups in total. The summed E-state index contributed by atoms with van der Waals surface area (Å²) in [5.74, 6) is 2.10. The maximum absolute atomic E-state index is 4.27. The summed E-state index contributed by atoms with van der Waals surface area (Å²) in [6.45, 7) is 0. The first-order valence-corrected chi connectivity index (χ1v) is 6.60. The largest absolute Gasteiger partial charge is 0.249 e. The third-order valence-corrected chi connectivity index (χ3v) is 3.83. The highest BCUT2D eigenvalue weighted by Crippen LogP contribution is 2.25. The molecule has 0 saturated carbocycles. The SMILES string of the molecule is SCCCCSc1ncccc1Br. The molecule has 0 aliphatic heterocycles. The van der Waals surface area contributed by atoms with E-state index in [1.165, 1.54) is 12.8 Å². The van der Waals surface area contributed by atoms with E-state index in [0.29, 0.717) is 0 Å². The van der Waals surface area contributed by atoms with E-state index in [2.05, 4.69) is 33.5 Å². The van der Waals surface area contributed by atoms with Crippen LogP contribution in [0.15, 0.2) is 27.8 Å². The van der Waals surface area contributed by atoms with Gasteiger partial charge in [-0.1, -0.05) is 0 Å². The zero-order chi connectivity index (χ0) is 9.52. The second-order valence-corrected chi connectivity index (χ2v) is 4.95. The van der Waals surface area contributed by atoms with Crippen LogP contribution in [0.5, 0.6) is 0 Å². The lowest BCUT2D eigenvalue weighted by Gasteiger charge is -2.01. The molecule has 0 aromatic carbocycles. The van der Waals surface area contributed by atoms with E-state index in [9.17, 15) is 0 Å². The summed E-state index contributed by atoms with van der Waals surface area (Å²) >= 11 is 9.43. The van der Waals surface area contributed by atoms with Crippen molar-refractivity contribution in [3.8, 4) is 0 Å². The van der Waals surface area contributed by atoms with Gasteiger partial charge in [0.05, 0.1) is 0 Å². The van der Waals surface area contributed by atoms with Crippen molar-refractivity contribution in [1.82, 2.24) is 4.98 Å². The topological polar surface area (TPSA) is 12.9 Å². The summed E-state index contributed by atoms with van der Waals surface area (Å²) in [6, 6.07) is 3.95. The van der Waals surface area contributed by atoms with Gasteiger partial charge in [0, 0.05) is 10.7 Å². The second kappa shape index (κ2) is 6.74. The van der Waals surface area contributed by atoms with E-state index < -0.39 is 0 Å². The third kappa shape index (κ3) is 4.38. The lowest BCUT2D eigenvalue weighted by atomic mass is 10.4. The summed E-state index contributed by atoms with van der Waals surface area (Å²) in [5, 5.41) is 1.08. The Kier molecular flexibility index (Phi) is 5.91. The van der Waals surface area contributed by atoms with E-state index in [1.54, 1.807) is 11.8 Å². The van der Waals surface area contributed by atoms with E-state index >= 15 is 0 Å². The summed E-state index contributed by atoms with van der Waals surface area (Å²) in [5.41, 5.74) is 0. The molecular formula is C9H12BrNS2. The highest BCUT2D eigenvalue weighted by Gasteiger charge is 1.99. The third-order valence-electron chi connectivity index (χ3n) is 1.52. The Morgan fingerprint density at radius 2 is 2.31 bits per heavy atom. The monoisotopic (exact) mass is 277 g/mol. The number of nitrogens with zero attached hydrogens (tertiary/aromatic N) is 1. The minimum atomic E-state index is 0.976. The molecule has 1 nitrogen and oxygen atoms in total. The molecule has 72 valence electrons. The molecule has 0 saturated heterocycles. The molecule has 0 spiro atoms. The molecule has 0 atom stereocenters. The van der Waals surface area contributed by atoms with Crippen molar-refractivity contribution >= 4 is 40.3 Å². The number of aromatic nitrogens is 1. The molecule has 0 fully saturated rings. The fraction of sp³-hybridized carbons (Fsp3) is 0.444. The molecule has 0 aliphatic carbocycles.